The Hall–Kier alpha value is -1.80. The quantitative estimate of drug-likeness (QED) is 0.373. The van der Waals surface area contributed by atoms with Crippen LogP contribution in [-0.2, 0) is 6.54 Å². The van der Waals surface area contributed by atoms with Gasteiger partial charge in [0.1, 0.15) is 6.17 Å². The summed E-state index contributed by atoms with van der Waals surface area (Å²) >= 11 is 24.1. The molecule has 3 atom stereocenters. The molecule has 2 aliphatic rings. The number of hydrogen-bond donors (Lipinski definition) is 2. The molecule has 0 saturated carbocycles. The van der Waals surface area contributed by atoms with Gasteiger partial charge in [0.25, 0.3) is 11.5 Å². The van der Waals surface area contributed by atoms with Crippen LogP contribution in [0.3, 0.4) is 0 Å². The molecule has 2 aliphatic heterocycles. The monoisotopic (exact) mass is 512 g/mol. The number of aryl methyl sites for hydroxylation is 1. The van der Waals surface area contributed by atoms with Crippen LogP contribution in [-0.4, -0.2) is 43.5 Å². The number of aromatic nitrogens is 1. The summed E-state index contributed by atoms with van der Waals surface area (Å²) in [5.41, 5.74) is 2.36. The zero-order valence-electron chi connectivity index (χ0n) is 17.4. The van der Waals surface area contributed by atoms with Crippen LogP contribution in [0.2, 0.25) is 0 Å². The molecule has 6 nitrogen and oxygen atoms in total. The molecule has 0 unspecified atom stereocenters. The van der Waals surface area contributed by atoms with E-state index in [1.807, 2.05) is 34.6 Å². The molecule has 0 radical (unpaired) electrons. The van der Waals surface area contributed by atoms with Gasteiger partial charge in [-0.3, -0.25) is 9.59 Å². The minimum atomic E-state index is -1.83. The van der Waals surface area contributed by atoms with E-state index < -0.39 is 9.96 Å². The molecule has 32 heavy (non-hydrogen) atoms. The zero-order chi connectivity index (χ0) is 23.0. The van der Waals surface area contributed by atoms with Crippen molar-refractivity contribution in [1.82, 2.24) is 20.1 Å². The summed E-state index contributed by atoms with van der Waals surface area (Å²) in [5.74, 6) is 0.108. The van der Waals surface area contributed by atoms with Gasteiger partial charge in [0.15, 0.2) is 5.11 Å². The number of piperidine rings is 1. The highest BCUT2D eigenvalue weighted by molar-refractivity contribution is 7.80. The second-order valence-electron chi connectivity index (χ2n) is 8.32. The Balaban J connectivity index is 1.48. The Morgan fingerprint density at radius 2 is 1.84 bits per heavy atom. The number of thiocarbonyl (C=S) groups is 1. The molecular weight excluding hydrogens is 491 g/mol. The van der Waals surface area contributed by atoms with Gasteiger partial charge in [-0.15, -0.1) is 0 Å². The summed E-state index contributed by atoms with van der Waals surface area (Å²) < 4.78 is 0.0349. The van der Waals surface area contributed by atoms with Gasteiger partial charge in [-0.2, -0.15) is 0 Å². The minimum Gasteiger partial charge on any atom is -0.348 e. The van der Waals surface area contributed by atoms with Crippen molar-refractivity contribution >= 4 is 58.0 Å². The molecule has 0 aliphatic carbocycles. The van der Waals surface area contributed by atoms with Crippen molar-refractivity contribution in [2.45, 2.75) is 35.8 Å². The van der Waals surface area contributed by atoms with E-state index in [4.69, 9.17) is 47.0 Å². The summed E-state index contributed by atoms with van der Waals surface area (Å²) in [7, 11) is 0. The standard InChI is InChI=1S/C22H23Cl3N4O2S/c1-13-5-2-3-6-16(13)19(31)26-20(22(23,24)25)27-21(32)28-10-14-9-15(12-28)17-7-4-8-18(30)29(17)11-14/h2-8,14-15,20H,9-12H2,1H3,(H,26,31)(H,27,32)/t14-,15+,20+/m0/s1. The number of halogens is 3. The van der Waals surface area contributed by atoms with Crippen LogP contribution in [0.1, 0.15) is 34.0 Å². The number of fused-ring (bicyclic) bond motifs is 4. The molecule has 2 aromatic rings. The van der Waals surface area contributed by atoms with Crippen LogP contribution in [0.15, 0.2) is 47.3 Å². The Labute approximate surface area is 206 Å². The van der Waals surface area contributed by atoms with Crippen molar-refractivity contribution < 1.29 is 4.79 Å². The SMILES string of the molecule is Cc1ccccc1C(=O)N[C@H](NC(=S)N1C[C@@H]2C[C@H](C1)c1cccc(=O)n1C2)C(Cl)(Cl)Cl. The third-order valence-electron chi connectivity index (χ3n) is 6.03. The molecular formula is C22H23Cl3N4O2S. The number of amides is 1. The third-order valence-corrected chi connectivity index (χ3v) is 7.06. The summed E-state index contributed by atoms with van der Waals surface area (Å²) in [6, 6.07) is 12.6. The Kier molecular flexibility index (Phi) is 6.73. The Bertz CT molecular complexity index is 1100. The van der Waals surface area contributed by atoms with Gasteiger partial charge in [-0.05, 0) is 49.2 Å². The van der Waals surface area contributed by atoms with Gasteiger partial charge < -0.3 is 20.1 Å². The lowest BCUT2D eigenvalue weighted by Gasteiger charge is -2.44. The van der Waals surface area contributed by atoms with E-state index in [1.165, 1.54) is 0 Å². The number of alkyl halides is 3. The van der Waals surface area contributed by atoms with Gasteiger partial charge in [0, 0.05) is 42.9 Å². The van der Waals surface area contributed by atoms with Gasteiger partial charge in [0.05, 0.1) is 0 Å². The highest BCUT2D eigenvalue weighted by Gasteiger charge is 2.39. The first-order valence-corrected chi connectivity index (χ1v) is 11.9. The maximum absolute atomic E-state index is 12.8. The zero-order valence-corrected chi connectivity index (χ0v) is 20.4. The van der Waals surface area contributed by atoms with E-state index >= 15 is 0 Å². The van der Waals surface area contributed by atoms with E-state index in [1.54, 1.807) is 24.3 Å². The van der Waals surface area contributed by atoms with Crippen molar-refractivity contribution in [3.05, 3.63) is 69.6 Å². The molecule has 1 saturated heterocycles. The van der Waals surface area contributed by atoms with Gasteiger partial charge in [-0.25, -0.2) is 0 Å². The first-order valence-electron chi connectivity index (χ1n) is 10.3. The van der Waals surface area contributed by atoms with Crippen LogP contribution in [0, 0.1) is 12.8 Å². The number of carbonyl (C=O) groups is 1. The average Bonchev–Trinajstić information content (AvgIpc) is 2.73. The van der Waals surface area contributed by atoms with E-state index in [-0.39, 0.29) is 23.3 Å². The average molecular weight is 514 g/mol. The molecule has 170 valence electrons. The lowest BCUT2D eigenvalue weighted by atomic mass is 9.83. The van der Waals surface area contributed by atoms with Crippen molar-refractivity contribution in [2.75, 3.05) is 13.1 Å². The summed E-state index contributed by atoms with van der Waals surface area (Å²) in [6.45, 7) is 3.82. The van der Waals surface area contributed by atoms with Crippen molar-refractivity contribution in [3.8, 4) is 0 Å². The van der Waals surface area contributed by atoms with Gasteiger partial charge in [-0.1, -0.05) is 59.1 Å². The number of likely N-dealkylation sites (tertiary alicyclic amines) is 1. The summed E-state index contributed by atoms with van der Waals surface area (Å²) in [4.78, 5) is 27.1. The van der Waals surface area contributed by atoms with E-state index in [2.05, 4.69) is 10.6 Å². The molecule has 3 heterocycles. The van der Waals surface area contributed by atoms with Crippen LogP contribution < -0.4 is 16.2 Å². The smallest absolute Gasteiger partial charge is 0.253 e. The number of rotatable bonds is 3. The number of nitrogens with zero attached hydrogens (tertiary/aromatic N) is 2. The predicted octanol–water partition coefficient (Wildman–Crippen LogP) is 3.58. The number of benzene rings is 1. The highest BCUT2D eigenvalue weighted by Crippen LogP contribution is 2.35. The summed E-state index contributed by atoms with van der Waals surface area (Å²) in [6.07, 6.45) is -0.0238. The van der Waals surface area contributed by atoms with Crippen LogP contribution in [0.4, 0.5) is 0 Å². The topological polar surface area (TPSA) is 66.4 Å². The molecule has 1 aromatic carbocycles. The molecule has 1 amide bonds. The normalized spacial score (nSPS) is 20.8. The van der Waals surface area contributed by atoms with E-state index in [0.717, 1.165) is 17.7 Å². The maximum atomic E-state index is 12.8. The van der Waals surface area contributed by atoms with Gasteiger partial charge >= 0.3 is 0 Å². The molecule has 1 aromatic heterocycles. The van der Waals surface area contributed by atoms with Crippen LogP contribution >= 0.6 is 47.0 Å². The maximum Gasteiger partial charge on any atom is 0.253 e. The molecule has 10 heteroatoms. The third kappa shape index (κ3) is 4.91. The number of carbonyl (C=O) groups excluding carboxylic acids is 1. The number of nitrogens with one attached hydrogen (secondary N) is 2. The van der Waals surface area contributed by atoms with Crippen LogP contribution in [0.25, 0.3) is 0 Å². The minimum absolute atomic E-state index is 0.0292. The van der Waals surface area contributed by atoms with Gasteiger partial charge in [0.2, 0.25) is 3.79 Å². The largest absolute Gasteiger partial charge is 0.348 e. The number of hydrogen-bond acceptors (Lipinski definition) is 3. The summed E-state index contributed by atoms with van der Waals surface area (Å²) in [5, 5.41) is 6.18. The molecule has 0 spiro atoms. The lowest BCUT2D eigenvalue weighted by Crippen LogP contribution is -2.60. The Morgan fingerprint density at radius 1 is 1.09 bits per heavy atom. The molecule has 1 fully saturated rings. The fourth-order valence-corrected chi connectivity index (χ4v) is 5.11. The molecule has 2 bridgehead atoms. The van der Waals surface area contributed by atoms with Crippen molar-refractivity contribution in [2.24, 2.45) is 5.92 Å². The molecule has 4 rings (SSSR count). The second kappa shape index (κ2) is 9.21. The van der Waals surface area contributed by atoms with Crippen LogP contribution in [0.5, 0.6) is 0 Å². The highest BCUT2D eigenvalue weighted by atomic mass is 35.6. The fraction of sp³-hybridized carbons (Fsp3) is 0.409. The molecule has 2 N–H and O–H groups in total. The Morgan fingerprint density at radius 3 is 2.56 bits per heavy atom. The van der Waals surface area contributed by atoms with E-state index in [0.29, 0.717) is 30.3 Å². The first-order chi connectivity index (χ1) is 15.1. The second-order valence-corrected chi connectivity index (χ2v) is 11.1. The lowest BCUT2D eigenvalue weighted by molar-refractivity contribution is 0.0932. The predicted molar refractivity (Wildman–Crippen MR) is 132 cm³/mol. The van der Waals surface area contributed by atoms with Crippen molar-refractivity contribution in [1.29, 1.82) is 0 Å². The van der Waals surface area contributed by atoms with E-state index in [9.17, 15) is 9.59 Å². The van der Waals surface area contributed by atoms with Crippen molar-refractivity contribution in [3.63, 3.8) is 0 Å². The number of pyridine rings is 1. The fourth-order valence-electron chi connectivity index (χ4n) is 4.51. The first kappa shape index (κ1) is 23.4.